The number of rotatable bonds is 3. The maximum atomic E-state index is 11.3. The standard InChI is InChI=1S/C15H19NO/c1-11(12-5-3-2-4-6-12)16-14-8-7-13(9-14)15(16)10-17/h2-6,10-11,13-15H,7-9H2,1H3/t11-,13+,14+,15-/m0/s1. The largest absolute Gasteiger partial charge is 0.302 e. The van der Waals surface area contributed by atoms with Crippen LogP contribution in [-0.2, 0) is 4.79 Å². The summed E-state index contributed by atoms with van der Waals surface area (Å²) >= 11 is 0. The first kappa shape index (κ1) is 11.0. The van der Waals surface area contributed by atoms with Crippen LogP contribution in [0.15, 0.2) is 30.3 Å². The van der Waals surface area contributed by atoms with Crippen molar-refractivity contribution in [1.82, 2.24) is 4.90 Å². The van der Waals surface area contributed by atoms with E-state index in [1.165, 1.54) is 31.1 Å². The summed E-state index contributed by atoms with van der Waals surface area (Å²) in [6, 6.07) is 11.7. The fourth-order valence-electron chi connectivity index (χ4n) is 3.72. The SMILES string of the molecule is C[C@@H](c1ccccc1)N1[C@@H]2CC[C@H](C2)[C@@H]1C=O. The quantitative estimate of drug-likeness (QED) is 0.743. The van der Waals surface area contributed by atoms with Crippen LogP contribution >= 0.6 is 0 Å². The van der Waals surface area contributed by atoms with Crippen LogP contribution in [0.3, 0.4) is 0 Å². The molecule has 1 aromatic carbocycles. The maximum absolute atomic E-state index is 11.3. The zero-order valence-corrected chi connectivity index (χ0v) is 10.3. The van der Waals surface area contributed by atoms with E-state index < -0.39 is 0 Å². The molecule has 0 spiro atoms. The van der Waals surface area contributed by atoms with Gasteiger partial charge >= 0.3 is 0 Å². The van der Waals surface area contributed by atoms with E-state index in [2.05, 4.69) is 36.1 Å². The summed E-state index contributed by atoms with van der Waals surface area (Å²) in [5, 5.41) is 0. The molecule has 2 nitrogen and oxygen atoms in total. The number of carbonyl (C=O) groups excluding carboxylic acids is 1. The van der Waals surface area contributed by atoms with Crippen LogP contribution in [0.2, 0.25) is 0 Å². The van der Waals surface area contributed by atoms with Crippen LogP contribution in [0.1, 0.15) is 37.8 Å². The molecule has 0 amide bonds. The van der Waals surface area contributed by atoms with Gasteiger partial charge in [0.2, 0.25) is 0 Å². The van der Waals surface area contributed by atoms with Crippen molar-refractivity contribution in [2.24, 2.45) is 5.92 Å². The fourth-order valence-corrected chi connectivity index (χ4v) is 3.72. The number of benzene rings is 1. The summed E-state index contributed by atoms with van der Waals surface area (Å²) in [5.74, 6) is 0.615. The smallest absolute Gasteiger partial charge is 0.137 e. The third-order valence-corrected chi connectivity index (χ3v) is 4.56. The van der Waals surface area contributed by atoms with Gasteiger partial charge in [0.25, 0.3) is 0 Å². The molecule has 90 valence electrons. The number of carbonyl (C=O) groups is 1. The first-order valence-corrected chi connectivity index (χ1v) is 6.59. The predicted molar refractivity (Wildman–Crippen MR) is 67.7 cm³/mol. The number of likely N-dealkylation sites (tertiary alicyclic amines) is 1. The molecular formula is C15H19NO. The third kappa shape index (κ3) is 1.71. The minimum Gasteiger partial charge on any atom is -0.302 e. The Morgan fingerprint density at radius 3 is 2.76 bits per heavy atom. The van der Waals surface area contributed by atoms with Gasteiger partial charge in [0, 0.05) is 12.1 Å². The van der Waals surface area contributed by atoms with Gasteiger partial charge in [0.05, 0.1) is 6.04 Å². The summed E-state index contributed by atoms with van der Waals surface area (Å²) in [7, 11) is 0. The van der Waals surface area contributed by atoms with Crippen LogP contribution in [0.5, 0.6) is 0 Å². The van der Waals surface area contributed by atoms with Crippen molar-refractivity contribution >= 4 is 6.29 Å². The lowest BCUT2D eigenvalue weighted by molar-refractivity contribution is -0.114. The molecule has 0 unspecified atom stereocenters. The molecule has 0 radical (unpaired) electrons. The van der Waals surface area contributed by atoms with E-state index in [-0.39, 0.29) is 6.04 Å². The van der Waals surface area contributed by atoms with Gasteiger partial charge in [-0.25, -0.2) is 0 Å². The van der Waals surface area contributed by atoms with Crippen LogP contribution < -0.4 is 0 Å². The molecule has 4 atom stereocenters. The second-order valence-electron chi connectivity index (χ2n) is 5.39. The highest BCUT2D eigenvalue weighted by molar-refractivity contribution is 5.60. The number of aldehydes is 1. The first-order chi connectivity index (χ1) is 8.31. The predicted octanol–water partition coefficient (Wildman–Crippen LogP) is 2.80. The van der Waals surface area contributed by atoms with Gasteiger partial charge in [-0.15, -0.1) is 0 Å². The second kappa shape index (κ2) is 4.26. The zero-order chi connectivity index (χ0) is 11.8. The molecule has 2 heteroatoms. The van der Waals surface area contributed by atoms with E-state index in [1.807, 2.05) is 6.07 Å². The number of nitrogens with zero attached hydrogens (tertiary/aromatic N) is 1. The topological polar surface area (TPSA) is 20.3 Å². The van der Waals surface area contributed by atoms with Gasteiger partial charge < -0.3 is 4.79 Å². The van der Waals surface area contributed by atoms with Crippen LogP contribution in [0.25, 0.3) is 0 Å². The van der Waals surface area contributed by atoms with Crippen molar-refractivity contribution in [1.29, 1.82) is 0 Å². The van der Waals surface area contributed by atoms with Crippen molar-refractivity contribution in [2.45, 2.75) is 44.3 Å². The van der Waals surface area contributed by atoms with Crippen molar-refractivity contribution in [3.8, 4) is 0 Å². The Kier molecular flexibility index (Phi) is 2.75. The lowest BCUT2D eigenvalue weighted by Crippen LogP contribution is -2.43. The Balaban J connectivity index is 1.86. The van der Waals surface area contributed by atoms with E-state index in [0.29, 0.717) is 18.0 Å². The van der Waals surface area contributed by atoms with Gasteiger partial charge in [-0.05, 0) is 37.7 Å². The minimum atomic E-state index is 0.156. The number of hydrogen-bond donors (Lipinski definition) is 0. The molecule has 2 aliphatic rings. The normalized spacial score (nSPS) is 33.8. The van der Waals surface area contributed by atoms with E-state index in [0.717, 1.165) is 0 Å². The molecule has 0 N–H and O–H groups in total. The second-order valence-corrected chi connectivity index (χ2v) is 5.39. The van der Waals surface area contributed by atoms with E-state index in [4.69, 9.17) is 0 Å². The molecule has 0 aromatic heterocycles. The minimum absolute atomic E-state index is 0.156. The Bertz CT molecular complexity index is 403. The molecule has 2 bridgehead atoms. The number of fused-ring (bicyclic) bond motifs is 2. The molecule has 1 heterocycles. The Morgan fingerprint density at radius 1 is 1.29 bits per heavy atom. The van der Waals surface area contributed by atoms with Crippen LogP contribution in [0.4, 0.5) is 0 Å². The first-order valence-electron chi connectivity index (χ1n) is 6.59. The highest BCUT2D eigenvalue weighted by Gasteiger charge is 2.47. The van der Waals surface area contributed by atoms with E-state index in [1.54, 1.807) is 0 Å². The molecule has 17 heavy (non-hydrogen) atoms. The molecule has 1 aliphatic carbocycles. The average molecular weight is 229 g/mol. The molecule has 1 saturated carbocycles. The lowest BCUT2D eigenvalue weighted by Gasteiger charge is -2.37. The molecular weight excluding hydrogens is 210 g/mol. The molecule has 1 aliphatic heterocycles. The van der Waals surface area contributed by atoms with Crippen LogP contribution in [-0.4, -0.2) is 23.3 Å². The van der Waals surface area contributed by atoms with Gasteiger partial charge in [-0.2, -0.15) is 0 Å². The highest BCUT2D eigenvalue weighted by atomic mass is 16.1. The van der Waals surface area contributed by atoms with Crippen molar-refractivity contribution in [3.63, 3.8) is 0 Å². The van der Waals surface area contributed by atoms with Gasteiger partial charge in [-0.1, -0.05) is 30.3 Å². The van der Waals surface area contributed by atoms with E-state index in [9.17, 15) is 4.79 Å². The fraction of sp³-hybridized carbons (Fsp3) is 0.533. The summed E-state index contributed by atoms with van der Waals surface area (Å²) in [4.78, 5) is 13.7. The van der Waals surface area contributed by atoms with Gasteiger partial charge in [-0.3, -0.25) is 4.90 Å². The molecule has 3 rings (SSSR count). The summed E-state index contributed by atoms with van der Waals surface area (Å²) in [5.41, 5.74) is 1.33. The van der Waals surface area contributed by atoms with Crippen LogP contribution in [0, 0.1) is 5.92 Å². The number of hydrogen-bond acceptors (Lipinski definition) is 2. The molecule has 2 fully saturated rings. The van der Waals surface area contributed by atoms with E-state index >= 15 is 0 Å². The monoisotopic (exact) mass is 229 g/mol. The van der Waals surface area contributed by atoms with Gasteiger partial charge in [0.15, 0.2) is 0 Å². The zero-order valence-electron chi connectivity index (χ0n) is 10.3. The summed E-state index contributed by atoms with van der Waals surface area (Å²) in [6.45, 7) is 2.23. The van der Waals surface area contributed by atoms with Crippen molar-refractivity contribution in [3.05, 3.63) is 35.9 Å². The summed E-state index contributed by atoms with van der Waals surface area (Å²) in [6.07, 6.45) is 4.90. The Morgan fingerprint density at radius 2 is 2.06 bits per heavy atom. The molecule has 1 aromatic rings. The third-order valence-electron chi connectivity index (χ3n) is 4.56. The maximum Gasteiger partial charge on any atom is 0.137 e. The summed E-state index contributed by atoms with van der Waals surface area (Å²) < 4.78 is 0. The average Bonchev–Trinajstić information content (AvgIpc) is 2.98. The van der Waals surface area contributed by atoms with Crippen molar-refractivity contribution < 1.29 is 4.79 Å². The lowest BCUT2D eigenvalue weighted by atomic mass is 9.97. The van der Waals surface area contributed by atoms with Crippen molar-refractivity contribution in [2.75, 3.05) is 0 Å². The Hall–Kier alpha value is -1.15. The highest BCUT2D eigenvalue weighted by Crippen LogP contribution is 2.45. The Labute approximate surface area is 103 Å². The molecule has 1 saturated heterocycles. The number of piperidine rings is 1. The van der Waals surface area contributed by atoms with Gasteiger partial charge in [0.1, 0.15) is 6.29 Å².